The summed E-state index contributed by atoms with van der Waals surface area (Å²) in [5.74, 6) is -0.162. The van der Waals surface area contributed by atoms with E-state index in [1.54, 1.807) is 27.7 Å². The lowest BCUT2D eigenvalue weighted by Crippen LogP contribution is -2.47. The number of carbonyl (C=O) groups excluding carboxylic acids is 1. The summed E-state index contributed by atoms with van der Waals surface area (Å²) in [6.07, 6.45) is 2.20. The van der Waals surface area contributed by atoms with Crippen LogP contribution in [0.2, 0.25) is 5.02 Å². The highest BCUT2D eigenvalue weighted by Gasteiger charge is 2.37. The van der Waals surface area contributed by atoms with Crippen LogP contribution in [0.15, 0.2) is 6.07 Å². The Labute approximate surface area is 192 Å². The highest BCUT2D eigenvalue weighted by molar-refractivity contribution is 6.32. The highest BCUT2D eigenvalue weighted by atomic mass is 35.5. The Kier molecular flexibility index (Phi) is 7.43. The second kappa shape index (κ2) is 9.73. The van der Waals surface area contributed by atoms with Crippen molar-refractivity contribution >= 4 is 23.7 Å². The fourth-order valence-corrected chi connectivity index (χ4v) is 4.65. The smallest absolute Gasteiger partial charge is 0.410 e. The molecule has 0 saturated heterocycles. The van der Waals surface area contributed by atoms with Gasteiger partial charge in [0, 0.05) is 11.6 Å². The largest absolute Gasteiger partial charge is 0.484 e. The Morgan fingerprint density at radius 3 is 2.47 bits per heavy atom. The fraction of sp³-hybridized carbons (Fsp3) is 0.652. The van der Waals surface area contributed by atoms with Gasteiger partial charge < -0.3 is 24.2 Å². The molecule has 1 saturated carbocycles. The summed E-state index contributed by atoms with van der Waals surface area (Å²) < 4.78 is 30.6. The van der Waals surface area contributed by atoms with Gasteiger partial charge in [0.25, 0.3) is 0 Å². The van der Waals surface area contributed by atoms with Gasteiger partial charge in [-0.15, -0.1) is 0 Å². The molecule has 1 aliphatic heterocycles. The average molecular weight is 472 g/mol. The molecule has 1 aromatic rings. The molecule has 0 spiro atoms. The van der Waals surface area contributed by atoms with E-state index in [4.69, 9.17) is 25.8 Å². The van der Waals surface area contributed by atoms with Crippen molar-refractivity contribution < 1.29 is 33.3 Å². The lowest BCUT2D eigenvalue weighted by Gasteiger charge is -2.40. The second-order valence-corrected chi connectivity index (χ2v) is 9.80. The maximum atomic E-state index is 13.1. The second-order valence-electron chi connectivity index (χ2n) is 9.39. The minimum atomic E-state index is -1.08. The quantitative estimate of drug-likeness (QED) is 0.631. The van der Waals surface area contributed by atoms with E-state index < -0.39 is 24.3 Å². The summed E-state index contributed by atoms with van der Waals surface area (Å²) in [6.45, 7) is 6.75. The zero-order valence-corrected chi connectivity index (χ0v) is 19.7. The first-order chi connectivity index (χ1) is 15.0. The van der Waals surface area contributed by atoms with E-state index in [1.165, 1.54) is 11.0 Å². The highest BCUT2D eigenvalue weighted by Crippen LogP contribution is 2.45. The predicted octanol–water partition coefficient (Wildman–Crippen LogP) is 5.25. The molecular formula is C23H31ClFNO6. The van der Waals surface area contributed by atoms with Crippen molar-refractivity contribution in [3.63, 3.8) is 0 Å². The molecule has 0 aromatic heterocycles. The summed E-state index contributed by atoms with van der Waals surface area (Å²) in [6, 6.07) is 1.28. The summed E-state index contributed by atoms with van der Waals surface area (Å²) in [5.41, 5.74) is -0.0764. The van der Waals surface area contributed by atoms with Crippen molar-refractivity contribution in [1.82, 2.24) is 4.90 Å². The topological polar surface area (TPSA) is 85.3 Å². The zero-order chi connectivity index (χ0) is 23.6. The lowest BCUT2D eigenvalue weighted by atomic mass is 9.82. The van der Waals surface area contributed by atoms with Crippen LogP contribution in [-0.4, -0.2) is 59.6 Å². The van der Waals surface area contributed by atoms with Gasteiger partial charge in [0.2, 0.25) is 0 Å². The van der Waals surface area contributed by atoms with Crippen LogP contribution in [0.4, 0.5) is 9.18 Å². The number of halogens is 2. The van der Waals surface area contributed by atoms with Crippen molar-refractivity contribution in [3.8, 4) is 11.5 Å². The molecule has 0 radical (unpaired) electrons. The van der Waals surface area contributed by atoms with Gasteiger partial charge in [-0.25, -0.2) is 14.0 Å². The Morgan fingerprint density at radius 2 is 1.91 bits per heavy atom. The first-order valence-corrected chi connectivity index (χ1v) is 11.3. The summed E-state index contributed by atoms with van der Waals surface area (Å²) in [4.78, 5) is 25.6. The van der Waals surface area contributed by atoms with E-state index in [9.17, 15) is 19.1 Å². The van der Waals surface area contributed by atoms with Crippen LogP contribution in [0.3, 0.4) is 0 Å². The van der Waals surface area contributed by atoms with Crippen molar-refractivity contribution in [3.05, 3.63) is 22.2 Å². The number of hydrogen-bond acceptors (Lipinski definition) is 5. The van der Waals surface area contributed by atoms with E-state index in [-0.39, 0.29) is 35.2 Å². The number of carboxylic acid groups (broad SMARTS) is 1. The maximum absolute atomic E-state index is 13.1. The van der Waals surface area contributed by atoms with Crippen molar-refractivity contribution in [1.29, 1.82) is 0 Å². The first kappa shape index (κ1) is 24.4. The van der Waals surface area contributed by atoms with Gasteiger partial charge in [0.05, 0.1) is 17.1 Å². The molecule has 1 aromatic carbocycles. The van der Waals surface area contributed by atoms with Crippen molar-refractivity contribution in [2.24, 2.45) is 5.92 Å². The lowest BCUT2D eigenvalue weighted by molar-refractivity contribution is -0.00290. The molecule has 1 unspecified atom stereocenters. The molecule has 9 heteroatoms. The predicted molar refractivity (Wildman–Crippen MR) is 118 cm³/mol. The van der Waals surface area contributed by atoms with E-state index in [2.05, 4.69) is 0 Å². The molecule has 1 heterocycles. The Bertz CT molecular complexity index is 863. The molecule has 1 N–H and O–H groups in total. The minimum Gasteiger partial charge on any atom is -0.484 e. The number of rotatable bonds is 5. The van der Waals surface area contributed by atoms with Crippen LogP contribution in [0.1, 0.15) is 62.4 Å². The van der Waals surface area contributed by atoms with Gasteiger partial charge in [-0.1, -0.05) is 11.6 Å². The molecule has 178 valence electrons. The summed E-state index contributed by atoms with van der Waals surface area (Å²) in [5, 5.41) is 9.63. The molecule has 2 aliphatic rings. The Hall–Kier alpha value is -2.22. The number of alkyl halides is 1. The van der Waals surface area contributed by atoms with Gasteiger partial charge in [-0.05, 0) is 65.4 Å². The van der Waals surface area contributed by atoms with Crippen LogP contribution in [-0.2, 0) is 4.74 Å². The first-order valence-electron chi connectivity index (χ1n) is 10.9. The average Bonchev–Trinajstić information content (AvgIpc) is 2.73. The van der Waals surface area contributed by atoms with Gasteiger partial charge in [0.1, 0.15) is 25.0 Å². The SMILES string of the molecule is Cc1c(C(=O)O)cc(Cl)c2c1OC(C1CCC(N(CCF)C(=O)OC(C)(C)C)CC1)CO2. The number of amides is 1. The third-order valence-corrected chi connectivity index (χ3v) is 6.27. The Balaban J connectivity index is 1.67. The molecule has 1 aliphatic carbocycles. The van der Waals surface area contributed by atoms with E-state index in [0.29, 0.717) is 36.5 Å². The molecule has 1 atom stereocenters. The number of hydrogen-bond donors (Lipinski definition) is 1. The molecular weight excluding hydrogens is 441 g/mol. The van der Waals surface area contributed by atoms with Gasteiger partial charge in [0.15, 0.2) is 11.5 Å². The monoisotopic (exact) mass is 471 g/mol. The number of nitrogens with zero attached hydrogens (tertiary/aromatic N) is 1. The standard InChI is InChI=1S/C23H31ClFNO6/c1-13-16(21(27)28)11-17(24)20-19(13)31-18(12-30-20)14-5-7-15(8-6-14)26(10-9-25)22(29)32-23(2,3)4/h11,14-15,18H,5-10,12H2,1-4H3,(H,27,28). The number of fused-ring (bicyclic) bond motifs is 1. The van der Waals surface area contributed by atoms with Crippen LogP contribution in [0.5, 0.6) is 11.5 Å². The number of carboxylic acids is 1. The number of benzene rings is 1. The van der Waals surface area contributed by atoms with Crippen LogP contribution >= 0.6 is 11.6 Å². The van der Waals surface area contributed by atoms with Crippen molar-refractivity contribution in [2.75, 3.05) is 19.8 Å². The Morgan fingerprint density at radius 1 is 1.25 bits per heavy atom. The normalized spacial score (nSPS) is 22.9. The summed E-state index contributed by atoms with van der Waals surface area (Å²) in [7, 11) is 0. The molecule has 1 amide bonds. The molecule has 0 bridgehead atoms. The molecule has 32 heavy (non-hydrogen) atoms. The van der Waals surface area contributed by atoms with E-state index in [0.717, 1.165) is 12.8 Å². The summed E-state index contributed by atoms with van der Waals surface area (Å²) >= 11 is 6.21. The van der Waals surface area contributed by atoms with Crippen LogP contribution in [0, 0.1) is 12.8 Å². The van der Waals surface area contributed by atoms with Crippen molar-refractivity contribution in [2.45, 2.75) is 71.1 Å². The van der Waals surface area contributed by atoms with Gasteiger partial charge in [-0.3, -0.25) is 0 Å². The van der Waals surface area contributed by atoms with Crippen LogP contribution in [0.25, 0.3) is 0 Å². The fourth-order valence-electron chi connectivity index (χ4n) is 4.40. The third-order valence-electron chi connectivity index (χ3n) is 5.99. The van der Waals surface area contributed by atoms with E-state index >= 15 is 0 Å². The zero-order valence-electron chi connectivity index (χ0n) is 19.0. The van der Waals surface area contributed by atoms with Gasteiger partial charge in [-0.2, -0.15) is 0 Å². The molecule has 7 nitrogen and oxygen atoms in total. The third kappa shape index (κ3) is 5.39. The van der Waals surface area contributed by atoms with Crippen LogP contribution < -0.4 is 9.47 Å². The minimum absolute atomic E-state index is 0.0102. The number of carbonyl (C=O) groups is 2. The molecule has 1 fully saturated rings. The number of ether oxygens (including phenoxy) is 3. The maximum Gasteiger partial charge on any atom is 0.410 e. The van der Waals surface area contributed by atoms with Gasteiger partial charge >= 0.3 is 12.1 Å². The number of aromatic carboxylic acids is 1. The molecule has 3 rings (SSSR count). The van der Waals surface area contributed by atoms with E-state index in [1.807, 2.05) is 0 Å².